The second-order valence-corrected chi connectivity index (χ2v) is 3.03. The molecule has 0 saturated heterocycles. The van der Waals surface area contributed by atoms with Gasteiger partial charge in [-0.15, -0.1) is 13.2 Å². The highest BCUT2D eigenvalue weighted by atomic mass is 19.4. The van der Waals surface area contributed by atoms with E-state index in [1.807, 2.05) is 0 Å². The van der Waals surface area contributed by atoms with Gasteiger partial charge in [0.15, 0.2) is 0 Å². The number of ether oxygens (including phenoxy) is 1. The van der Waals surface area contributed by atoms with Gasteiger partial charge in [0.25, 0.3) is 6.43 Å². The van der Waals surface area contributed by atoms with Crippen LogP contribution >= 0.6 is 0 Å². The summed E-state index contributed by atoms with van der Waals surface area (Å²) in [5.74, 6) is -2.16. The van der Waals surface area contributed by atoms with E-state index < -0.39 is 42.1 Å². The molecule has 0 atom stereocenters. The van der Waals surface area contributed by atoms with Gasteiger partial charge < -0.3 is 9.84 Å². The molecule has 0 aliphatic rings. The van der Waals surface area contributed by atoms with Gasteiger partial charge in [-0.25, -0.2) is 13.8 Å². The van der Waals surface area contributed by atoms with Gasteiger partial charge in [-0.3, -0.25) is 0 Å². The second-order valence-electron chi connectivity index (χ2n) is 3.03. The van der Waals surface area contributed by atoms with Gasteiger partial charge in [0.1, 0.15) is 11.4 Å². The molecule has 9 heteroatoms. The number of nitriles is 1. The molecule has 18 heavy (non-hydrogen) atoms. The van der Waals surface area contributed by atoms with Crippen molar-refractivity contribution < 1.29 is 31.8 Å². The van der Waals surface area contributed by atoms with Crippen LogP contribution in [0, 0.1) is 11.3 Å². The van der Waals surface area contributed by atoms with Crippen LogP contribution < -0.4 is 4.74 Å². The van der Waals surface area contributed by atoms with E-state index in [-0.39, 0.29) is 6.07 Å². The summed E-state index contributed by atoms with van der Waals surface area (Å²) < 4.78 is 64.0. The van der Waals surface area contributed by atoms with E-state index in [2.05, 4.69) is 9.72 Å². The summed E-state index contributed by atoms with van der Waals surface area (Å²) in [5, 5.41) is 17.6. The molecule has 98 valence electrons. The summed E-state index contributed by atoms with van der Waals surface area (Å²) in [4.78, 5) is 3.14. The molecule has 0 aliphatic heterocycles. The van der Waals surface area contributed by atoms with Crippen LogP contribution in [-0.4, -0.2) is 16.5 Å². The molecule has 0 bridgehead atoms. The fraction of sp³-hybridized carbons (Fsp3) is 0.333. The van der Waals surface area contributed by atoms with Crippen molar-refractivity contribution in [1.29, 1.82) is 5.26 Å². The lowest BCUT2D eigenvalue weighted by Gasteiger charge is -2.12. The lowest BCUT2D eigenvalue weighted by atomic mass is 10.1. The Hall–Kier alpha value is -2.11. The molecule has 0 aromatic carbocycles. The summed E-state index contributed by atoms with van der Waals surface area (Å²) in [7, 11) is 0. The fourth-order valence-electron chi connectivity index (χ4n) is 1.12. The Morgan fingerprint density at radius 1 is 1.44 bits per heavy atom. The molecule has 1 N–H and O–H groups in total. The maximum atomic E-state index is 12.5. The van der Waals surface area contributed by atoms with Crippen molar-refractivity contribution in [3.05, 3.63) is 17.3 Å². The minimum Gasteiger partial charge on any atom is -0.505 e. The average molecular weight is 268 g/mol. The van der Waals surface area contributed by atoms with Gasteiger partial charge in [-0.1, -0.05) is 0 Å². The molecule has 0 unspecified atom stereocenters. The number of pyridine rings is 1. The molecular weight excluding hydrogens is 263 g/mol. The first-order valence-electron chi connectivity index (χ1n) is 4.38. The predicted octanol–water partition coefficient (Wildman–Crippen LogP) is 2.69. The van der Waals surface area contributed by atoms with Crippen molar-refractivity contribution in [2.24, 2.45) is 0 Å². The number of aromatic hydroxyl groups is 1. The van der Waals surface area contributed by atoms with Gasteiger partial charge in [-0.2, -0.15) is 5.26 Å². The van der Waals surface area contributed by atoms with Gasteiger partial charge in [0, 0.05) is 6.07 Å². The smallest absolute Gasteiger partial charge is 0.505 e. The van der Waals surface area contributed by atoms with Gasteiger partial charge in [0.2, 0.25) is 5.88 Å². The van der Waals surface area contributed by atoms with Gasteiger partial charge in [-0.05, 0) is 0 Å². The van der Waals surface area contributed by atoms with Gasteiger partial charge >= 0.3 is 6.36 Å². The van der Waals surface area contributed by atoms with E-state index in [9.17, 15) is 27.1 Å². The van der Waals surface area contributed by atoms with Crippen LogP contribution in [0.5, 0.6) is 11.6 Å². The lowest BCUT2D eigenvalue weighted by Crippen LogP contribution is -2.18. The molecule has 0 fully saturated rings. The molecule has 0 amide bonds. The van der Waals surface area contributed by atoms with Gasteiger partial charge in [0.05, 0.1) is 18.1 Å². The zero-order valence-corrected chi connectivity index (χ0v) is 8.50. The lowest BCUT2D eigenvalue weighted by molar-refractivity contribution is -0.276. The van der Waals surface area contributed by atoms with Crippen LogP contribution in [0.15, 0.2) is 6.07 Å². The Morgan fingerprint density at radius 3 is 2.50 bits per heavy atom. The first kappa shape index (κ1) is 14.0. The number of nitrogens with zero attached hydrogens (tertiary/aromatic N) is 2. The molecule has 1 rings (SSSR count). The number of rotatable bonds is 3. The quantitative estimate of drug-likeness (QED) is 0.856. The Morgan fingerprint density at radius 2 is 2.06 bits per heavy atom. The standard InChI is InChI=1S/C9H5F5N2O2/c10-8(11)4-3-6(18-9(12,13)14)16-5(1-2-15)7(4)17/h3,8,17H,1H2. The van der Waals surface area contributed by atoms with Crippen molar-refractivity contribution in [3.8, 4) is 17.7 Å². The van der Waals surface area contributed by atoms with E-state index in [1.54, 1.807) is 0 Å². The molecule has 0 radical (unpaired) electrons. The number of hydrogen-bond donors (Lipinski definition) is 1. The van der Waals surface area contributed by atoms with E-state index in [0.717, 1.165) is 0 Å². The van der Waals surface area contributed by atoms with Crippen LogP contribution in [0.2, 0.25) is 0 Å². The molecule has 0 spiro atoms. The third-order valence-electron chi connectivity index (χ3n) is 1.77. The molecule has 1 heterocycles. The highest BCUT2D eigenvalue weighted by Crippen LogP contribution is 2.34. The molecule has 0 aliphatic carbocycles. The van der Waals surface area contributed by atoms with Crippen LogP contribution in [0.3, 0.4) is 0 Å². The highest BCUT2D eigenvalue weighted by Gasteiger charge is 2.33. The number of hydrogen-bond acceptors (Lipinski definition) is 4. The minimum atomic E-state index is -5.10. The summed E-state index contributed by atoms with van der Waals surface area (Å²) in [5.41, 5.74) is -1.68. The van der Waals surface area contributed by atoms with Crippen molar-refractivity contribution in [3.63, 3.8) is 0 Å². The van der Waals surface area contributed by atoms with Crippen molar-refractivity contribution >= 4 is 0 Å². The summed E-state index contributed by atoms with van der Waals surface area (Å²) in [6, 6.07) is 1.75. The van der Waals surface area contributed by atoms with Crippen molar-refractivity contribution in [1.82, 2.24) is 4.98 Å². The van der Waals surface area contributed by atoms with Crippen LogP contribution in [0.25, 0.3) is 0 Å². The first-order valence-corrected chi connectivity index (χ1v) is 4.38. The molecule has 4 nitrogen and oxygen atoms in total. The van der Waals surface area contributed by atoms with Crippen LogP contribution in [-0.2, 0) is 6.42 Å². The van der Waals surface area contributed by atoms with E-state index in [1.165, 1.54) is 6.07 Å². The summed E-state index contributed by atoms with van der Waals surface area (Å²) >= 11 is 0. The zero-order chi connectivity index (χ0) is 13.9. The first-order chi connectivity index (χ1) is 8.24. The predicted molar refractivity (Wildman–Crippen MR) is 46.9 cm³/mol. The normalized spacial score (nSPS) is 11.4. The topological polar surface area (TPSA) is 66.1 Å². The minimum absolute atomic E-state index is 0.272. The number of halogens is 5. The van der Waals surface area contributed by atoms with E-state index in [0.29, 0.717) is 0 Å². The SMILES string of the molecule is N#CCc1nc(OC(F)(F)F)cc(C(F)F)c1O. The van der Waals surface area contributed by atoms with Crippen LogP contribution in [0.1, 0.15) is 17.7 Å². The number of aromatic nitrogens is 1. The Balaban J connectivity index is 3.25. The number of alkyl halides is 5. The molecule has 1 aromatic rings. The molecule has 0 saturated carbocycles. The molecule has 1 aromatic heterocycles. The van der Waals surface area contributed by atoms with Crippen molar-refractivity contribution in [2.75, 3.05) is 0 Å². The monoisotopic (exact) mass is 268 g/mol. The summed E-state index contributed by atoms with van der Waals surface area (Å²) in [6.07, 6.45) is -8.95. The average Bonchev–Trinajstić information content (AvgIpc) is 2.20. The Bertz CT molecular complexity index is 481. The van der Waals surface area contributed by atoms with Crippen LogP contribution in [0.4, 0.5) is 22.0 Å². The molecular formula is C9H5F5N2O2. The Kier molecular flexibility index (Phi) is 3.90. The summed E-state index contributed by atoms with van der Waals surface area (Å²) in [6.45, 7) is 0. The van der Waals surface area contributed by atoms with Crippen molar-refractivity contribution in [2.45, 2.75) is 19.2 Å². The largest absolute Gasteiger partial charge is 0.574 e. The second kappa shape index (κ2) is 5.03. The third kappa shape index (κ3) is 3.44. The maximum absolute atomic E-state index is 12.5. The maximum Gasteiger partial charge on any atom is 0.574 e. The third-order valence-corrected chi connectivity index (χ3v) is 1.77. The zero-order valence-electron chi connectivity index (χ0n) is 8.50. The van der Waals surface area contributed by atoms with E-state index in [4.69, 9.17) is 5.26 Å². The fourth-order valence-corrected chi connectivity index (χ4v) is 1.12. The highest BCUT2D eigenvalue weighted by molar-refractivity contribution is 5.41. The Labute approximate surface area is 97.2 Å². The van der Waals surface area contributed by atoms with E-state index >= 15 is 0 Å².